The fraction of sp³-hybridized carbons (Fsp3) is 0.188. The quantitative estimate of drug-likeness (QED) is 0.849. The number of anilines is 2. The molecule has 5 heteroatoms. The van der Waals surface area contributed by atoms with Gasteiger partial charge in [0.05, 0.1) is 0 Å². The Kier molecular flexibility index (Phi) is 4.70. The van der Waals surface area contributed by atoms with Crippen molar-refractivity contribution in [3.63, 3.8) is 0 Å². The summed E-state index contributed by atoms with van der Waals surface area (Å²) in [5.41, 5.74) is 8.70. The Balaban J connectivity index is 1.99. The van der Waals surface area contributed by atoms with Crippen molar-refractivity contribution < 1.29 is 9.53 Å². The second-order valence-corrected chi connectivity index (χ2v) is 5.27. The van der Waals surface area contributed by atoms with Gasteiger partial charge in [-0.05, 0) is 55.3 Å². The molecule has 2 rings (SSSR count). The Hall–Kier alpha value is -2.20. The lowest BCUT2D eigenvalue weighted by atomic mass is 10.1. The number of hydrogen-bond acceptors (Lipinski definition) is 3. The summed E-state index contributed by atoms with van der Waals surface area (Å²) < 4.78 is 5.58. The Morgan fingerprint density at radius 1 is 1.24 bits per heavy atom. The summed E-state index contributed by atoms with van der Waals surface area (Å²) in [4.78, 5) is 11.9. The van der Waals surface area contributed by atoms with E-state index < -0.39 is 0 Å². The molecule has 0 fully saturated rings. The van der Waals surface area contributed by atoms with Crippen LogP contribution in [0.1, 0.15) is 11.1 Å². The molecule has 0 unspecified atom stereocenters. The molecule has 110 valence electrons. The van der Waals surface area contributed by atoms with E-state index in [1.165, 1.54) is 0 Å². The van der Waals surface area contributed by atoms with E-state index in [1.54, 1.807) is 36.4 Å². The molecule has 0 aliphatic carbocycles. The molecule has 3 N–H and O–H groups in total. The fourth-order valence-corrected chi connectivity index (χ4v) is 2.40. The van der Waals surface area contributed by atoms with Gasteiger partial charge in [0.2, 0.25) is 0 Å². The van der Waals surface area contributed by atoms with Crippen molar-refractivity contribution in [1.82, 2.24) is 0 Å². The van der Waals surface area contributed by atoms with Gasteiger partial charge in [-0.25, -0.2) is 0 Å². The zero-order chi connectivity index (χ0) is 15.4. The minimum Gasteiger partial charge on any atom is -0.483 e. The highest BCUT2D eigenvalue weighted by molar-refractivity contribution is 6.30. The fourth-order valence-electron chi connectivity index (χ4n) is 2.08. The third-order valence-electron chi connectivity index (χ3n) is 2.94. The molecule has 0 spiro atoms. The summed E-state index contributed by atoms with van der Waals surface area (Å²) >= 11 is 5.96. The molecule has 0 heterocycles. The number of rotatable bonds is 4. The highest BCUT2D eigenvalue weighted by Crippen LogP contribution is 2.27. The predicted molar refractivity (Wildman–Crippen MR) is 85.9 cm³/mol. The van der Waals surface area contributed by atoms with Gasteiger partial charge in [-0.15, -0.1) is 0 Å². The van der Waals surface area contributed by atoms with Gasteiger partial charge in [-0.3, -0.25) is 4.79 Å². The molecule has 0 atom stereocenters. The summed E-state index contributed by atoms with van der Waals surface area (Å²) in [6, 6.07) is 10.6. The Morgan fingerprint density at radius 2 is 1.90 bits per heavy atom. The summed E-state index contributed by atoms with van der Waals surface area (Å²) in [6.45, 7) is 3.71. The molecule has 0 saturated heterocycles. The average molecular weight is 305 g/mol. The van der Waals surface area contributed by atoms with Crippen molar-refractivity contribution in [2.45, 2.75) is 13.8 Å². The van der Waals surface area contributed by atoms with E-state index >= 15 is 0 Å². The Labute approximate surface area is 128 Å². The number of hydrogen-bond donors (Lipinski definition) is 2. The van der Waals surface area contributed by atoms with Crippen LogP contribution in [-0.2, 0) is 4.79 Å². The van der Waals surface area contributed by atoms with Gasteiger partial charge < -0.3 is 15.8 Å². The van der Waals surface area contributed by atoms with E-state index in [1.807, 2.05) is 13.8 Å². The second-order valence-electron chi connectivity index (χ2n) is 4.83. The van der Waals surface area contributed by atoms with Crippen molar-refractivity contribution in [3.05, 3.63) is 52.5 Å². The molecule has 1 amide bonds. The van der Waals surface area contributed by atoms with E-state index in [4.69, 9.17) is 22.1 Å². The SMILES string of the molecule is Cc1cc(Cl)cc(C)c1OCC(=O)Nc1cccc(N)c1. The lowest BCUT2D eigenvalue weighted by molar-refractivity contribution is -0.118. The number of nitrogens with two attached hydrogens (primary N) is 1. The summed E-state index contributed by atoms with van der Waals surface area (Å²) in [6.07, 6.45) is 0. The van der Waals surface area contributed by atoms with Crippen LogP contribution >= 0.6 is 11.6 Å². The van der Waals surface area contributed by atoms with Crippen LogP contribution in [0.25, 0.3) is 0 Å². The highest BCUT2D eigenvalue weighted by Gasteiger charge is 2.09. The number of carbonyl (C=O) groups is 1. The molecule has 2 aromatic carbocycles. The minimum absolute atomic E-state index is 0.0713. The van der Waals surface area contributed by atoms with Crippen LogP contribution in [0.4, 0.5) is 11.4 Å². The summed E-state index contributed by atoms with van der Waals surface area (Å²) in [7, 11) is 0. The number of aryl methyl sites for hydroxylation is 2. The molecule has 4 nitrogen and oxygen atoms in total. The van der Waals surface area contributed by atoms with Crippen molar-refractivity contribution in [3.8, 4) is 5.75 Å². The predicted octanol–water partition coefficient (Wildman–Crippen LogP) is 3.56. The highest BCUT2D eigenvalue weighted by atomic mass is 35.5. The summed E-state index contributed by atoms with van der Waals surface area (Å²) in [5, 5.41) is 3.39. The number of carbonyl (C=O) groups excluding carboxylic acids is 1. The molecule has 0 bridgehead atoms. The van der Waals surface area contributed by atoms with Gasteiger partial charge >= 0.3 is 0 Å². The number of ether oxygens (including phenoxy) is 1. The topological polar surface area (TPSA) is 64.3 Å². The number of nitrogens with one attached hydrogen (secondary N) is 1. The number of amides is 1. The van der Waals surface area contributed by atoms with E-state index in [2.05, 4.69) is 5.32 Å². The van der Waals surface area contributed by atoms with Gasteiger partial charge in [0, 0.05) is 16.4 Å². The third kappa shape index (κ3) is 4.13. The van der Waals surface area contributed by atoms with Gasteiger partial charge in [-0.2, -0.15) is 0 Å². The van der Waals surface area contributed by atoms with Crippen LogP contribution in [-0.4, -0.2) is 12.5 Å². The van der Waals surface area contributed by atoms with Crippen LogP contribution in [0.2, 0.25) is 5.02 Å². The number of halogens is 1. The average Bonchev–Trinajstić information content (AvgIpc) is 2.37. The lowest BCUT2D eigenvalue weighted by Gasteiger charge is -2.12. The first-order chi connectivity index (χ1) is 9.95. The molecule has 0 aliphatic heterocycles. The van der Waals surface area contributed by atoms with E-state index in [0.29, 0.717) is 22.1 Å². The molecular formula is C16H17ClN2O2. The normalized spacial score (nSPS) is 10.2. The molecule has 2 aromatic rings. The lowest BCUT2D eigenvalue weighted by Crippen LogP contribution is -2.20. The first kappa shape index (κ1) is 15.2. The maximum atomic E-state index is 11.9. The molecule has 21 heavy (non-hydrogen) atoms. The Morgan fingerprint density at radius 3 is 2.52 bits per heavy atom. The van der Waals surface area contributed by atoms with Gasteiger partial charge in [0.15, 0.2) is 6.61 Å². The first-order valence-corrected chi connectivity index (χ1v) is 6.88. The van der Waals surface area contributed by atoms with Crippen LogP contribution in [0.15, 0.2) is 36.4 Å². The van der Waals surface area contributed by atoms with E-state index in [0.717, 1.165) is 11.1 Å². The minimum atomic E-state index is -0.241. The van der Waals surface area contributed by atoms with E-state index in [-0.39, 0.29) is 12.5 Å². The monoisotopic (exact) mass is 304 g/mol. The van der Waals surface area contributed by atoms with Crippen LogP contribution in [0.3, 0.4) is 0 Å². The zero-order valence-corrected chi connectivity index (χ0v) is 12.7. The van der Waals surface area contributed by atoms with Crippen molar-refractivity contribution >= 4 is 28.9 Å². The molecule has 0 aromatic heterocycles. The van der Waals surface area contributed by atoms with Crippen LogP contribution < -0.4 is 15.8 Å². The standard InChI is InChI=1S/C16H17ClN2O2/c1-10-6-12(17)7-11(2)16(10)21-9-15(20)19-14-5-3-4-13(18)8-14/h3-8H,9,18H2,1-2H3,(H,19,20). The molecule has 0 radical (unpaired) electrons. The van der Waals surface area contributed by atoms with Crippen molar-refractivity contribution in [2.75, 3.05) is 17.7 Å². The molecular weight excluding hydrogens is 288 g/mol. The maximum Gasteiger partial charge on any atom is 0.262 e. The molecule has 0 aliphatic rings. The van der Waals surface area contributed by atoms with Crippen molar-refractivity contribution in [2.24, 2.45) is 0 Å². The van der Waals surface area contributed by atoms with E-state index in [9.17, 15) is 4.79 Å². The molecule has 0 saturated carbocycles. The van der Waals surface area contributed by atoms with Crippen molar-refractivity contribution in [1.29, 1.82) is 0 Å². The number of benzene rings is 2. The zero-order valence-electron chi connectivity index (χ0n) is 11.9. The maximum absolute atomic E-state index is 11.9. The van der Waals surface area contributed by atoms with Crippen LogP contribution in [0, 0.1) is 13.8 Å². The Bertz CT molecular complexity index is 648. The van der Waals surface area contributed by atoms with Crippen LogP contribution in [0.5, 0.6) is 5.75 Å². The number of nitrogen functional groups attached to an aromatic ring is 1. The van der Waals surface area contributed by atoms with Gasteiger partial charge in [0.1, 0.15) is 5.75 Å². The first-order valence-electron chi connectivity index (χ1n) is 6.50. The van der Waals surface area contributed by atoms with Gasteiger partial charge in [0.25, 0.3) is 5.91 Å². The summed E-state index contributed by atoms with van der Waals surface area (Å²) in [5.74, 6) is 0.441. The largest absolute Gasteiger partial charge is 0.483 e. The second kappa shape index (κ2) is 6.50. The smallest absolute Gasteiger partial charge is 0.262 e. The van der Waals surface area contributed by atoms with Gasteiger partial charge in [-0.1, -0.05) is 17.7 Å². The third-order valence-corrected chi connectivity index (χ3v) is 3.16.